The number of thioether (sulfide) groups is 1. The predicted molar refractivity (Wildman–Crippen MR) is 75.9 cm³/mol. The first kappa shape index (κ1) is 11.4. The lowest BCUT2D eigenvalue weighted by atomic mass is 9.98. The Labute approximate surface area is 111 Å². The molecule has 88 valence electrons. The van der Waals surface area contributed by atoms with Crippen molar-refractivity contribution >= 4 is 29.6 Å². The van der Waals surface area contributed by atoms with E-state index in [2.05, 4.69) is 35.3 Å². The van der Waals surface area contributed by atoms with Gasteiger partial charge in [0.05, 0.1) is 4.21 Å². The Bertz CT molecular complexity index is 468. The molecule has 0 aromatic heterocycles. The minimum atomic E-state index is -0.175. The summed E-state index contributed by atoms with van der Waals surface area (Å²) in [5, 5.41) is 0. The van der Waals surface area contributed by atoms with E-state index in [9.17, 15) is 0 Å². The summed E-state index contributed by atoms with van der Waals surface area (Å²) in [7, 11) is 0. The fourth-order valence-electron chi connectivity index (χ4n) is 2.45. The Morgan fingerprint density at radius 2 is 2.18 bits per heavy atom. The van der Waals surface area contributed by atoms with Crippen LogP contribution in [0.3, 0.4) is 0 Å². The zero-order valence-electron chi connectivity index (χ0n) is 9.47. The van der Waals surface area contributed by atoms with Crippen molar-refractivity contribution in [2.75, 3.05) is 6.54 Å². The summed E-state index contributed by atoms with van der Waals surface area (Å²) in [6, 6.07) is 10.5. The molecular weight excluding hydrogens is 250 g/mol. The second-order valence-electron chi connectivity index (χ2n) is 4.63. The number of allylic oxidation sites excluding steroid dienone is 1. The molecule has 2 aliphatic heterocycles. The number of aliphatic imine (C=N–C) groups is 1. The van der Waals surface area contributed by atoms with Gasteiger partial charge in [-0.15, -0.1) is 23.4 Å². The van der Waals surface area contributed by atoms with Gasteiger partial charge in [0, 0.05) is 25.1 Å². The summed E-state index contributed by atoms with van der Waals surface area (Å²) in [4.78, 5) is 5.73. The van der Waals surface area contributed by atoms with Crippen LogP contribution in [0.4, 0.5) is 0 Å². The molecule has 2 unspecified atom stereocenters. The van der Waals surface area contributed by atoms with Gasteiger partial charge in [-0.1, -0.05) is 30.3 Å². The Morgan fingerprint density at radius 1 is 1.35 bits per heavy atom. The second-order valence-corrected chi connectivity index (χ2v) is 7.04. The zero-order chi connectivity index (χ0) is 11.7. The van der Waals surface area contributed by atoms with Crippen LogP contribution in [0.1, 0.15) is 12.0 Å². The second kappa shape index (κ2) is 4.51. The summed E-state index contributed by atoms with van der Waals surface area (Å²) >= 11 is 8.57. The number of hydrogen-bond acceptors (Lipinski definition) is 2. The lowest BCUT2D eigenvalue weighted by molar-refractivity contribution is 0.570. The third-order valence-electron chi connectivity index (χ3n) is 3.24. The number of benzene rings is 1. The molecule has 0 saturated carbocycles. The topological polar surface area (TPSA) is 12.4 Å². The van der Waals surface area contributed by atoms with Gasteiger partial charge in [-0.3, -0.25) is 4.99 Å². The van der Waals surface area contributed by atoms with E-state index < -0.39 is 0 Å². The molecule has 1 fully saturated rings. The molecule has 0 aliphatic carbocycles. The van der Waals surface area contributed by atoms with Gasteiger partial charge in [-0.05, 0) is 23.0 Å². The van der Waals surface area contributed by atoms with Gasteiger partial charge in [-0.25, -0.2) is 0 Å². The van der Waals surface area contributed by atoms with Crippen molar-refractivity contribution in [3.8, 4) is 0 Å². The molecule has 0 spiro atoms. The largest absolute Gasteiger partial charge is 0.292 e. The molecule has 3 heteroatoms. The maximum atomic E-state index is 6.75. The summed E-state index contributed by atoms with van der Waals surface area (Å²) in [5.41, 5.74) is 1.31. The van der Waals surface area contributed by atoms with Crippen molar-refractivity contribution in [3.63, 3.8) is 0 Å². The van der Waals surface area contributed by atoms with E-state index >= 15 is 0 Å². The maximum Gasteiger partial charge on any atom is 0.0986 e. The average Bonchev–Trinajstić information content (AvgIpc) is 2.66. The standard InChI is InChI=1S/C14H14ClNS/c15-14(8-11-4-2-1-3-5-11)9-12-10-16-7-6-13(12)17-14/h1-7,12H,8-10H2. The lowest BCUT2D eigenvalue weighted by Gasteiger charge is -2.19. The third-order valence-corrected chi connectivity index (χ3v) is 5.14. The molecule has 2 atom stereocenters. The summed E-state index contributed by atoms with van der Waals surface area (Å²) < 4.78 is -0.175. The molecule has 0 amide bonds. The highest BCUT2D eigenvalue weighted by atomic mass is 35.5. The van der Waals surface area contributed by atoms with E-state index in [0.717, 1.165) is 19.4 Å². The van der Waals surface area contributed by atoms with E-state index in [-0.39, 0.29) is 4.21 Å². The van der Waals surface area contributed by atoms with Gasteiger partial charge in [-0.2, -0.15) is 0 Å². The highest BCUT2D eigenvalue weighted by Crippen LogP contribution is 2.54. The molecule has 0 bridgehead atoms. The summed E-state index contributed by atoms with van der Waals surface area (Å²) in [5.74, 6) is 0.547. The van der Waals surface area contributed by atoms with Gasteiger partial charge in [0.15, 0.2) is 0 Å². The van der Waals surface area contributed by atoms with Crippen molar-refractivity contribution < 1.29 is 0 Å². The molecule has 1 nitrogen and oxygen atoms in total. The maximum absolute atomic E-state index is 6.75. The van der Waals surface area contributed by atoms with Gasteiger partial charge < -0.3 is 0 Å². The van der Waals surface area contributed by atoms with Crippen LogP contribution in [-0.4, -0.2) is 17.0 Å². The fourth-order valence-corrected chi connectivity index (χ4v) is 4.46. The molecule has 1 saturated heterocycles. The smallest absolute Gasteiger partial charge is 0.0986 e. The molecule has 0 radical (unpaired) electrons. The summed E-state index contributed by atoms with van der Waals surface area (Å²) in [6.07, 6.45) is 5.98. The van der Waals surface area contributed by atoms with Gasteiger partial charge in [0.1, 0.15) is 0 Å². The number of dihydropyridines is 1. The minimum Gasteiger partial charge on any atom is -0.292 e. The first-order valence-electron chi connectivity index (χ1n) is 5.87. The van der Waals surface area contributed by atoms with E-state index in [1.807, 2.05) is 24.0 Å². The Hall–Kier alpha value is -0.730. The molecule has 3 rings (SSSR count). The van der Waals surface area contributed by atoms with Crippen LogP contribution in [0.15, 0.2) is 46.3 Å². The van der Waals surface area contributed by atoms with E-state index in [1.165, 1.54) is 10.5 Å². The number of rotatable bonds is 2. The predicted octanol–water partition coefficient (Wildman–Crippen LogP) is 3.89. The highest BCUT2D eigenvalue weighted by Gasteiger charge is 2.41. The Balaban J connectivity index is 1.76. The Morgan fingerprint density at radius 3 is 2.94 bits per heavy atom. The molecule has 17 heavy (non-hydrogen) atoms. The van der Waals surface area contributed by atoms with Gasteiger partial charge in [0.25, 0.3) is 0 Å². The van der Waals surface area contributed by atoms with Crippen LogP contribution in [0, 0.1) is 5.92 Å². The lowest BCUT2D eigenvalue weighted by Crippen LogP contribution is -2.18. The highest BCUT2D eigenvalue weighted by molar-refractivity contribution is 8.05. The monoisotopic (exact) mass is 263 g/mol. The Kier molecular flexibility index (Phi) is 3.01. The van der Waals surface area contributed by atoms with Crippen LogP contribution in [0.2, 0.25) is 0 Å². The molecule has 1 aromatic carbocycles. The van der Waals surface area contributed by atoms with Gasteiger partial charge in [0.2, 0.25) is 0 Å². The number of alkyl halides is 1. The van der Waals surface area contributed by atoms with E-state index in [1.54, 1.807) is 0 Å². The van der Waals surface area contributed by atoms with Crippen molar-refractivity contribution in [2.24, 2.45) is 10.9 Å². The number of halogens is 1. The normalized spacial score (nSPS) is 31.1. The summed E-state index contributed by atoms with van der Waals surface area (Å²) in [6.45, 7) is 0.905. The number of hydrogen-bond donors (Lipinski definition) is 0. The number of fused-ring (bicyclic) bond motifs is 1. The number of nitrogens with zero attached hydrogens (tertiary/aromatic N) is 1. The first-order chi connectivity index (χ1) is 8.25. The van der Waals surface area contributed by atoms with Crippen LogP contribution in [0.25, 0.3) is 0 Å². The third kappa shape index (κ3) is 2.43. The van der Waals surface area contributed by atoms with Crippen molar-refractivity contribution in [3.05, 3.63) is 46.9 Å². The molecule has 2 heterocycles. The SMILES string of the molecule is ClC1(Cc2ccccc2)CC2CN=CC=C2S1. The van der Waals surface area contributed by atoms with Gasteiger partial charge >= 0.3 is 0 Å². The molecule has 0 N–H and O–H groups in total. The van der Waals surface area contributed by atoms with Crippen LogP contribution < -0.4 is 0 Å². The van der Waals surface area contributed by atoms with E-state index in [0.29, 0.717) is 5.92 Å². The molecule has 1 aromatic rings. The minimum absolute atomic E-state index is 0.175. The zero-order valence-corrected chi connectivity index (χ0v) is 11.0. The van der Waals surface area contributed by atoms with Crippen molar-refractivity contribution in [1.82, 2.24) is 0 Å². The average molecular weight is 264 g/mol. The van der Waals surface area contributed by atoms with Crippen LogP contribution in [-0.2, 0) is 6.42 Å². The van der Waals surface area contributed by atoms with Crippen LogP contribution in [0.5, 0.6) is 0 Å². The first-order valence-corrected chi connectivity index (χ1v) is 7.06. The van der Waals surface area contributed by atoms with E-state index in [4.69, 9.17) is 11.6 Å². The quantitative estimate of drug-likeness (QED) is 0.738. The molecule has 2 aliphatic rings. The molecular formula is C14H14ClNS. The van der Waals surface area contributed by atoms with Crippen molar-refractivity contribution in [2.45, 2.75) is 17.0 Å². The van der Waals surface area contributed by atoms with Crippen LogP contribution >= 0.6 is 23.4 Å². The van der Waals surface area contributed by atoms with Crippen molar-refractivity contribution in [1.29, 1.82) is 0 Å². The fraction of sp³-hybridized carbons (Fsp3) is 0.357.